The maximum absolute atomic E-state index is 12.7. The maximum atomic E-state index is 12.7. The smallest absolute Gasteiger partial charge is 0.270 e. The summed E-state index contributed by atoms with van der Waals surface area (Å²) in [5.74, 6) is 0.0127. The van der Waals surface area contributed by atoms with Crippen molar-refractivity contribution >= 4 is 16.8 Å². The maximum Gasteiger partial charge on any atom is 0.270 e. The van der Waals surface area contributed by atoms with Gasteiger partial charge in [-0.1, -0.05) is 18.2 Å². The van der Waals surface area contributed by atoms with Crippen LogP contribution in [-0.4, -0.2) is 37.4 Å². The second kappa shape index (κ2) is 7.59. The summed E-state index contributed by atoms with van der Waals surface area (Å²) in [4.78, 5) is 17.0. The number of pyridine rings is 1. The Morgan fingerprint density at radius 1 is 1.21 bits per heavy atom. The first-order valence-corrected chi connectivity index (χ1v) is 10.0. The number of hydrogen-bond donors (Lipinski definition) is 2. The second-order valence-electron chi connectivity index (χ2n) is 8.39. The Morgan fingerprint density at radius 3 is 2.62 bits per heavy atom. The van der Waals surface area contributed by atoms with Crippen molar-refractivity contribution in [2.24, 2.45) is 12.9 Å². The fraction of sp³-hybridized carbons (Fsp3) is 0.435. The Kier molecular flexibility index (Phi) is 4.22. The highest BCUT2D eigenvalue weighted by molar-refractivity contribution is 5.95. The van der Waals surface area contributed by atoms with Crippen LogP contribution in [0.5, 0.6) is 0 Å². The van der Waals surface area contributed by atoms with E-state index in [0.717, 1.165) is 30.4 Å². The molecule has 0 unspecified atom stereocenters. The zero-order chi connectivity index (χ0) is 23.1. The van der Waals surface area contributed by atoms with Crippen LogP contribution in [-0.2, 0) is 6.98 Å². The Bertz CT molecular complexity index is 1110. The van der Waals surface area contributed by atoms with Crippen LogP contribution in [0.25, 0.3) is 22.2 Å². The van der Waals surface area contributed by atoms with Gasteiger partial charge >= 0.3 is 0 Å². The van der Waals surface area contributed by atoms with Crippen molar-refractivity contribution in [1.82, 2.24) is 20.1 Å². The lowest BCUT2D eigenvalue weighted by atomic mass is 9.77. The van der Waals surface area contributed by atoms with E-state index < -0.39 is 12.6 Å². The first-order valence-electron chi connectivity index (χ1n) is 11.5. The Labute approximate surface area is 175 Å². The molecule has 1 saturated carbocycles. The van der Waals surface area contributed by atoms with Gasteiger partial charge in [0, 0.05) is 34.3 Å². The quantitative estimate of drug-likeness (QED) is 0.706. The van der Waals surface area contributed by atoms with Gasteiger partial charge in [-0.25, -0.2) is 0 Å². The number of aliphatic hydroxyl groups is 1. The van der Waals surface area contributed by atoms with Crippen LogP contribution in [0.4, 0.5) is 0 Å². The number of amides is 1. The van der Waals surface area contributed by atoms with Gasteiger partial charge in [-0.2, -0.15) is 5.10 Å². The fourth-order valence-corrected chi connectivity index (χ4v) is 4.15. The van der Waals surface area contributed by atoms with Crippen molar-refractivity contribution < 1.29 is 14.0 Å². The van der Waals surface area contributed by atoms with E-state index in [-0.39, 0.29) is 17.9 Å². The van der Waals surface area contributed by atoms with Crippen LogP contribution in [0.2, 0.25) is 0 Å². The number of para-hydroxylation sites is 1. The molecule has 2 N–H and O–H groups in total. The lowest BCUT2D eigenvalue weighted by Crippen LogP contribution is -2.42. The summed E-state index contributed by atoms with van der Waals surface area (Å²) in [7, 11) is 0. The average molecular weight is 396 g/mol. The number of rotatable bonds is 4. The summed E-state index contributed by atoms with van der Waals surface area (Å²) >= 11 is 0. The molecule has 1 aliphatic carbocycles. The molecule has 1 amide bonds. The number of carbonyl (C=O) groups is 1. The molecule has 0 saturated heterocycles. The predicted molar refractivity (Wildman–Crippen MR) is 113 cm³/mol. The summed E-state index contributed by atoms with van der Waals surface area (Å²) in [5.41, 5.74) is 1.29. The highest BCUT2D eigenvalue weighted by Crippen LogP contribution is 2.32. The lowest BCUT2D eigenvalue weighted by Gasteiger charge is -2.36. The van der Waals surface area contributed by atoms with E-state index in [1.807, 2.05) is 26.0 Å². The molecule has 0 bridgehead atoms. The van der Waals surface area contributed by atoms with E-state index in [2.05, 4.69) is 15.4 Å². The molecule has 2 aromatic heterocycles. The van der Waals surface area contributed by atoms with Crippen LogP contribution in [0.1, 0.15) is 54.1 Å². The molecule has 2 heterocycles. The molecule has 3 aromatic rings. The van der Waals surface area contributed by atoms with Gasteiger partial charge in [0.25, 0.3) is 5.91 Å². The van der Waals surface area contributed by atoms with Gasteiger partial charge in [-0.15, -0.1) is 0 Å². The molecule has 0 aliphatic heterocycles. The molecule has 152 valence electrons. The van der Waals surface area contributed by atoms with Gasteiger partial charge in [-0.05, 0) is 63.6 Å². The number of carbonyl (C=O) groups excluding carboxylic acids is 1. The molecular weight excluding hydrogens is 364 g/mol. The second-order valence-corrected chi connectivity index (χ2v) is 8.39. The minimum absolute atomic E-state index is 0.0708. The van der Waals surface area contributed by atoms with Gasteiger partial charge in [0.2, 0.25) is 0 Å². The number of fused-ring (bicyclic) bond motifs is 1. The summed E-state index contributed by atoms with van der Waals surface area (Å²) < 4.78 is 24.3. The zero-order valence-corrected chi connectivity index (χ0v) is 16.7. The van der Waals surface area contributed by atoms with Crippen LogP contribution in [0, 0.1) is 5.92 Å². The molecule has 0 spiro atoms. The van der Waals surface area contributed by atoms with Crippen molar-refractivity contribution in [2.45, 2.75) is 51.2 Å². The fourth-order valence-electron chi connectivity index (χ4n) is 4.15. The predicted octanol–water partition coefficient (Wildman–Crippen LogP) is 3.69. The topological polar surface area (TPSA) is 80.0 Å². The molecule has 1 aromatic carbocycles. The minimum Gasteiger partial charge on any atom is -0.390 e. The Hall–Kier alpha value is -2.73. The third kappa shape index (κ3) is 4.03. The van der Waals surface area contributed by atoms with Crippen molar-refractivity contribution in [3.8, 4) is 11.3 Å². The molecule has 1 fully saturated rings. The molecule has 1 aliphatic rings. The van der Waals surface area contributed by atoms with Crippen molar-refractivity contribution in [1.29, 1.82) is 0 Å². The SMILES string of the molecule is [2H]C([2H])([2H])n1nc(-c2ccc(C(=O)NC3CCC(C(C)(C)O)CC3)nc2)c2ccccc21. The van der Waals surface area contributed by atoms with Gasteiger partial charge in [0.05, 0.1) is 11.1 Å². The molecule has 6 heteroatoms. The normalized spacial score (nSPS) is 22.0. The van der Waals surface area contributed by atoms with E-state index >= 15 is 0 Å². The summed E-state index contributed by atoms with van der Waals surface area (Å²) in [6, 6.07) is 10.6. The third-order valence-electron chi connectivity index (χ3n) is 5.92. The van der Waals surface area contributed by atoms with Crippen LogP contribution < -0.4 is 5.32 Å². The molecule has 0 radical (unpaired) electrons. The Balaban J connectivity index is 1.49. The highest BCUT2D eigenvalue weighted by atomic mass is 16.3. The van der Waals surface area contributed by atoms with E-state index in [9.17, 15) is 9.90 Å². The summed E-state index contributed by atoms with van der Waals surface area (Å²) in [5, 5.41) is 18.3. The first kappa shape index (κ1) is 16.1. The number of aryl methyl sites for hydroxylation is 1. The van der Waals surface area contributed by atoms with Gasteiger partial charge in [-0.3, -0.25) is 14.5 Å². The van der Waals surface area contributed by atoms with Gasteiger partial charge in [0.15, 0.2) is 0 Å². The summed E-state index contributed by atoms with van der Waals surface area (Å²) in [6.07, 6.45) is 4.97. The van der Waals surface area contributed by atoms with Crippen LogP contribution >= 0.6 is 0 Å². The van der Waals surface area contributed by atoms with Gasteiger partial charge < -0.3 is 10.4 Å². The summed E-state index contributed by atoms with van der Waals surface area (Å²) in [6.45, 7) is 1.29. The van der Waals surface area contributed by atoms with Crippen molar-refractivity contribution in [3.05, 3.63) is 48.3 Å². The molecule has 29 heavy (non-hydrogen) atoms. The minimum atomic E-state index is -2.39. The Morgan fingerprint density at radius 2 is 1.97 bits per heavy atom. The van der Waals surface area contributed by atoms with E-state index in [1.165, 1.54) is 0 Å². The average Bonchev–Trinajstić information content (AvgIpc) is 3.14. The van der Waals surface area contributed by atoms with Crippen LogP contribution in [0.3, 0.4) is 0 Å². The molecule has 0 atom stereocenters. The lowest BCUT2D eigenvalue weighted by molar-refractivity contribution is -0.00258. The largest absolute Gasteiger partial charge is 0.390 e. The number of benzene rings is 1. The molecular formula is C23H28N4O2. The molecule has 6 nitrogen and oxygen atoms in total. The number of aromatic nitrogens is 3. The highest BCUT2D eigenvalue weighted by Gasteiger charge is 2.31. The van der Waals surface area contributed by atoms with E-state index in [1.54, 1.807) is 30.5 Å². The number of nitrogens with zero attached hydrogens (tertiary/aromatic N) is 3. The van der Waals surface area contributed by atoms with Crippen molar-refractivity contribution in [3.63, 3.8) is 0 Å². The zero-order valence-electron chi connectivity index (χ0n) is 19.7. The monoisotopic (exact) mass is 395 g/mol. The number of nitrogens with one attached hydrogen (secondary N) is 1. The van der Waals surface area contributed by atoms with Crippen molar-refractivity contribution in [2.75, 3.05) is 0 Å². The third-order valence-corrected chi connectivity index (χ3v) is 5.92. The van der Waals surface area contributed by atoms with Gasteiger partial charge in [0.1, 0.15) is 11.4 Å². The first-order chi connectivity index (χ1) is 15.0. The van der Waals surface area contributed by atoms with E-state index in [4.69, 9.17) is 4.11 Å². The standard InChI is InChI=1S/C23H28N4O2/c1-23(2,29)16-9-11-17(12-10-16)25-22(28)19-13-8-15(14-24-19)21-18-6-4-5-7-20(18)27(3)26-21/h4-8,13-14,16-17,29H,9-12H2,1-3H3,(H,25,28)/i3D3. The van der Waals surface area contributed by atoms with E-state index in [0.29, 0.717) is 27.9 Å². The number of hydrogen-bond acceptors (Lipinski definition) is 4. The van der Waals surface area contributed by atoms with Crippen LogP contribution in [0.15, 0.2) is 42.6 Å². The molecule has 4 rings (SSSR count).